The summed E-state index contributed by atoms with van der Waals surface area (Å²) in [6.07, 6.45) is 2.29. The number of fused-ring (bicyclic) bond motifs is 2. The number of amides is 1. The second-order valence-corrected chi connectivity index (χ2v) is 13.8. The van der Waals surface area contributed by atoms with Crippen LogP contribution in [0, 0.1) is 0 Å². The predicted octanol–water partition coefficient (Wildman–Crippen LogP) is 4.83. The summed E-state index contributed by atoms with van der Waals surface area (Å²) in [7, 11) is -3.69. The van der Waals surface area contributed by atoms with Crippen molar-refractivity contribution in [3.05, 3.63) is 71.0 Å². The van der Waals surface area contributed by atoms with E-state index in [2.05, 4.69) is 29.0 Å². The molecule has 3 atom stereocenters. The van der Waals surface area contributed by atoms with E-state index in [1.807, 2.05) is 36.4 Å². The van der Waals surface area contributed by atoms with Gasteiger partial charge in [-0.15, -0.1) is 0 Å². The molecule has 0 bridgehead atoms. The second kappa shape index (κ2) is 11.7. The first-order chi connectivity index (χ1) is 20.6. The minimum Gasteiger partial charge on any atom is -0.491 e. The molecule has 224 valence electrons. The molecule has 0 unspecified atom stereocenters. The van der Waals surface area contributed by atoms with E-state index in [0.29, 0.717) is 17.6 Å². The van der Waals surface area contributed by atoms with Gasteiger partial charge < -0.3 is 19.7 Å². The number of ether oxygens (including phenoxy) is 2. The van der Waals surface area contributed by atoms with Crippen LogP contribution in [0.1, 0.15) is 43.2 Å². The van der Waals surface area contributed by atoms with Crippen LogP contribution in [0.3, 0.4) is 0 Å². The summed E-state index contributed by atoms with van der Waals surface area (Å²) >= 11 is 6.35. The molecule has 6 rings (SSSR count). The van der Waals surface area contributed by atoms with Crippen molar-refractivity contribution in [1.82, 2.24) is 20.3 Å². The Morgan fingerprint density at radius 1 is 1.05 bits per heavy atom. The number of aromatic nitrogens is 3. The zero-order valence-corrected chi connectivity index (χ0v) is 25.7. The number of sulfone groups is 1. The largest absolute Gasteiger partial charge is 0.491 e. The van der Waals surface area contributed by atoms with Crippen molar-refractivity contribution in [2.24, 2.45) is 0 Å². The van der Waals surface area contributed by atoms with Gasteiger partial charge in [-0.1, -0.05) is 17.7 Å². The van der Waals surface area contributed by atoms with Crippen LogP contribution >= 0.6 is 11.6 Å². The van der Waals surface area contributed by atoms with Crippen molar-refractivity contribution in [3.63, 3.8) is 0 Å². The van der Waals surface area contributed by atoms with Crippen LogP contribution in [0.4, 0.5) is 5.82 Å². The minimum atomic E-state index is -3.69. The highest BCUT2D eigenvalue weighted by molar-refractivity contribution is 7.92. The van der Waals surface area contributed by atoms with E-state index in [1.54, 1.807) is 13.1 Å². The van der Waals surface area contributed by atoms with Crippen molar-refractivity contribution < 1.29 is 22.7 Å². The Kier molecular flexibility index (Phi) is 7.97. The van der Waals surface area contributed by atoms with Crippen LogP contribution in [0.5, 0.6) is 5.75 Å². The molecule has 4 aromatic rings. The average Bonchev–Trinajstić information content (AvgIpc) is 3.10. The van der Waals surface area contributed by atoms with Gasteiger partial charge in [0.05, 0.1) is 58.2 Å². The fraction of sp³-hybridized carbons (Fsp3) is 0.355. The van der Waals surface area contributed by atoms with Crippen molar-refractivity contribution in [2.45, 2.75) is 56.1 Å². The lowest BCUT2D eigenvalue weighted by molar-refractivity contribution is -0.00545. The van der Waals surface area contributed by atoms with Crippen LogP contribution in [0.2, 0.25) is 5.02 Å². The number of halogens is 1. The monoisotopic (exact) mass is 621 g/mol. The number of carbonyl (C=O) groups is 1. The Labute approximate surface area is 255 Å². The van der Waals surface area contributed by atoms with Gasteiger partial charge >= 0.3 is 0 Å². The number of carbonyl (C=O) groups excluding carboxylic acids is 1. The van der Waals surface area contributed by atoms with Gasteiger partial charge in [0, 0.05) is 30.2 Å². The highest BCUT2D eigenvalue weighted by Gasteiger charge is 2.32. The number of benzene rings is 1. The smallest absolute Gasteiger partial charge is 0.251 e. The van der Waals surface area contributed by atoms with Crippen molar-refractivity contribution in [1.29, 1.82) is 0 Å². The maximum absolute atomic E-state index is 13.1. The zero-order chi connectivity index (χ0) is 30.3. The van der Waals surface area contributed by atoms with E-state index in [0.717, 1.165) is 35.7 Å². The zero-order valence-electron chi connectivity index (χ0n) is 24.1. The van der Waals surface area contributed by atoms with Gasteiger partial charge in [0.25, 0.3) is 5.91 Å². The molecular formula is C31H32ClN5O5S. The maximum atomic E-state index is 13.1. The molecule has 1 amide bonds. The third-order valence-electron chi connectivity index (χ3n) is 7.68. The Morgan fingerprint density at radius 3 is 2.60 bits per heavy atom. The van der Waals surface area contributed by atoms with E-state index < -0.39 is 21.0 Å². The molecule has 5 heterocycles. The first-order valence-electron chi connectivity index (χ1n) is 14.2. The SMILES string of the molecule is C[C@@H]1CN(c2cccc(-c3ccc4cnc(CNC(=O)c5cc(Cl)c6c(c5)S(=O)(=O)[C@H](C)CCO6)cc4n3)n2)C[C@H](C)O1. The number of nitrogens with zero attached hydrogens (tertiary/aromatic N) is 4. The number of pyridine rings is 3. The highest BCUT2D eigenvalue weighted by Crippen LogP contribution is 2.38. The number of anilines is 1. The van der Waals surface area contributed by atoms with E-state index in [4.69, 9.17) is 31.0 Å². The van der Waals surface area contributed by atoms with Gasteiger partial charge in [-0.2, -0.15) is 0 Å². The molecule has 2 aliphatic rings. The van der Waals surface area contributed by atoms with Gasteiger partial charge in [0.15, 0.2) is 15.6 Å². The summed E-state index contributed by atoms with van der Waals surface area (Å²) in [6.45, 7) is 7.63. The molecule has 1 aromatic carbocycles. The summed E-state index contributed by atoms with van der Waals surface area (Å²) in [5.74, 6) is 0.495. The number of hydrogen-bond donors (Lipinski definition) is 1. The quantitative estimate of drug-likeness (QED) is 0.334. The molecule has 1 N–H and O–H groups in total. The molecule has 0 spiro atoms. The highest BCUT2D eigenvalue weighted by atomic mass is 35.5. The Morgan fingerprint density at radius 2 is 1.81 bits per heavy atom. The fourth-order valence-electron chi connectivity index (χ4n) is 5.43. The van der Waals surface area contributed by atoms with Crippen molar-refractivity contribution in [2.75, 3.05) is 24.6 Å². The topological polar surface area (TPSA) is 124 Å². The van der Waals surface area contributed by atoms with E-state index in [9.17, 15) is 13.2 Å². The molecule has 1 saturated heterocycles. The summed E-state index contributed by atoms with van der Waals surface area (Å²) in [6, 6.07) is 14.3. The van der Waals surface area contributed by atoms with E-state index in [-0.39, 0.29) is 46.6 Å². The molecule has 2 aliphatic heterocycles. The van der Waals surface area contributed by atoms with Crippen LogP contribution < -0.4 is 15.0 Å². The maximum Gasteiger partial charge on any atom is 0.251 e. The molecule has 0 aliphatic carbocycles. The Bertz CT molecular complexity index is 1810. The van der Waals surface area contributed by atoms with Crippen LogP contribution in [0.15, 0.2) is 59.6 Å². The van der Waals surface area contributed by atoms with Gasteiger partial charge in [0.1, 0.15) is 10.7 Å². The van der Waals surface area contributed by atoms with Crippen LogP contribution in [-0.4, -0.2) is 66.4 Å². The molecule has 3 aromatic heterocycles. The Balaban J connectivity index is 1.21. The van der Waals surface area contributed by atoms with Crippen LogP contribution in [0.25, 0.3) is 22.3 Å². The normalized spacial score (nSPS) is 21.5. The summed E-state index contributed by atoms with van der Waals surface area (Å²) < 4.78 is 37.5. The summed E-state index contributed by atoms with van der Waals surface area (Å²) in [5.41, 5.74) is 2.91. The standard InChI is InChI=1S/C31H32ClN5O5S/c1-18-16-37(17-19(2)42-18)29-6-4-5-25(36-29)26-8-7-21-14-33-23(13-27(21)35-26)15-34-31(38)22-11-24(32)30-28(12-22)43(39,40)20(3)9-10-41-30/h4-8,11-14,18-20H,9-10,15-17H2,1-3H3,(H,34,38)/t18-,19+,20-/m1/s1. The van der Waals surface area contributed by atoms with Gasteiger partial charge in [-0.25, -0.2) is 18.4 Å². The van der Waals surface area contributed by atoms with Gasteiger partial charge in [-0.3, -0.25) is 9.78 Å². The third kappa shape index (κ3) is 6.02. The summed E-state index contributed by atoms with van der Waals surface area (Å²) in [5, 5.41) is 3.10. The molecule has 0 saturated carbocycles. The molecular weight excluding hydrogens is 590 g/mol. The fourth-order valence-corrected chi connectivity index (χ4v) is 7.32. The van der Waals surface area contributed by atoms with Crippen molar-refractivity contribution in [3.8, 4) is 17.1 Å². The third-order valence-corrected chi connectivity index (χ3v) is 10.2. The number of rotatable bonds is 5. The number of hydrogen-bond acceptors (Lipinski definition) is 9. The van der Waals surface area contributed by atoms with Crippen LogP contribution in [-0.2, 0) is 21.1 Å². The predicted molar refractivity (Wildman–Crippen MR) is 164 cm³/mol. The van der Waals surface area contributed by atoms with Gasteiger partial charge in [0.2, 0.25) is 0 Å². The van der Waals surface area contributed by atoms with E-state index in [1.165, 1.54) is 12.1 Å². The lowest BCUT2D eigenvalue weighted by Gasteiger charge is -2.36. The summed E-state index contributed by atoms with van der Waals surface area (Å²) in [4.78, 5) is 29.4. The molecule has 43 heavy (non-hydrogen) atoms. The second-order valence-electron chi connectivity index (χ2n) is 11.1. The molecule has 10 nitrogen and oxygen atoms in total. The number of morpholine rings is 1. The lowest BCUT2D eigenvalue weighted by atomic mass is 10.1. The van der Waals surface area contributed by atoms with Gasteiger partial charge in [-0.05, 0) is 69.7 Å². The van der Waals surface area contributed by atoms with Crippen molar-refractivity contribution >= 4 is 44.1 Å². The molecule has 0 radical (unpaired) electrons. The number of nitrogens with one attached hydrogen (secondary N) is 1. The molecule has 12 heteroatoms. The van der Waals surface area contributed by atoms with E-state index >= 15 is 0 Å². The first kappa shape index (κ1) is 29.3. The first-order valence-corrected chi connectivity index (χ1v) is 16.1. The Hall–Kier alpha value is -3.80. The molecule has 1 fully saturated rings. The minimum absolute atomic E-state index is 0.0639. The lowest BCUT2D eigenvalue weighted by Crippen LogP contribution is -2.45. The average molecular weight is 622 g/mol.